The van der Waals surface area contributed by atoms with Gasteiger partial charge in [-0.15, -0.1) is 0 Å². The standard InChI is InChI=1S/C4H5N.C2H6N2.C2H6/c1-2-4-5-3-1;1-2(3)4;1-2/h1,3-4H,2H2;1H3,(H3,3,4);1-2H3. The Hall–Kier alpha value is -1.12. The summed E-state index contributed by atoms with van der Waals surface area (Å²) >= 11 is 0. The summed E-state index contributed by atoms with van der Waals surface area (Å²) in [6.45, 7) is 5.53. The summed E-state index contributed by atoms with van der Waals surface area (Å²) in [4.78, 5) is 3.78. The maximum absolute atomic E-state index is 6.28. The van der Waals surface area contributed by atoms with E-state index < -0.39 is 0 Å². The molecule has 0 saturated heterocycles. The van der Waals surface area contributed by atoms with Crippen LogP contribution in [0.25, 0.3) is 0 Å². The summed E-state index contributed by atoms with van der Waals surface area (Å²) in [6.07, 6.45) is 6.72. The highest BCUT2D eigenvalue weighted by Crippen LogP contribution is 1.86. The maximum Gasteiger partial charge on any atom is 0.0873 e. The van der Waals surface area contributed by atoms with Crippen LogP contribution in [0.5, 0.6) is 0 Å². The second-order valence-corrected chi connectivity index (χ2v) is 1.64. The first kappa shape index (κ1) is 12.5. The number of rotatable bonds is 0. The summed E-state index contributed by atoms with van der Waals surface area (Å²) < 4.78 is 0. The first-order valence-electron chi connectivity index (χ1n) is 3.70. The molecule has 3 heteroatoms. The van der Waals surface area contributed by atoms with Gasteiger partial charge in [-0.1, -0.05) is 19.9 Å². The van der Waals surface area contributed by atoms with Crippen LogP contribution in [0.4, 0.5) is 0 Å². The summed E-state index contributed by atoms with van der Waals surface area (Å²) in [5, 5.41) is 6.28. The molecule has 1 heterocycles. The van der Waals surface area contributed by atoms with E-state index in [2.05, 4.69) is 4.99 Å². The van der Waals surface area contributed by atoms with Gasteiger partial charge in [0.25, 0.3) is 0 Å². The fraction of sp³-hybridized carbons (Fsp3) is 0.500. The Morgan fingerprint density at radius 1 is 1.55 bits per heavy atom. The van der Waals surface area contributed by atoms with Crippen LogP contribution in [-0.2, 0) is 0 Å². The molecule has 0 aromatic rings. The van der Waals surface area contributed by atoms with E-state index in [1.807, 2.05) is 26.1 Å². The van der Waals surface area contributed by atoms with Crippen LogP contribution >= 0.6 is 0 Å². The summed E-state index contributed by atoms with van der Waals surface area (Å²) in [7, 11) is 0. The Bertz CT molecular complexity index is 122. The predicted molar refractivity (Wildman–Crippen MR) is 51.2 cm³/mol. The third-order valence-electron chi connectivity index (χ3n) is 0.538. The molecule has 0 atom stereocenters. The molecule has 0 fully saturated rings. The Kier molecular flexibility index (Phi) is 13.3. The van der Waals surface area contributed by atoms with Crippen molar-refractivity contribution in [2.45, 2.75) is 27.2 Å². The molecule has 0 aliphatic carbocycles. The van der Waals surface area contributed by atoms with Crippen LogP contribution in [0.2, 0.25) is 0 Å². The van der Waals surface area contributed by atoms with Crippen molar-refractivity contribution < 1.29 is 0 Å². The summed E-state index contributed by atoms with van der Waals surface area (Å²) in [5.41, 5.74) is 4.69. The van der Waals surface area contributed by atoms with E-state index in [1.54, 1.807) is 6.20 Å². The Morgan fingerprint density at radius 2 is 2.00 bits per heavy atom. The lowest BCUT2D eigenvalue weighted by Gasteiger charge is -1.66. The van der Waals surface area contributed by atoms with Gasteiger partial charge in [0.1, 0.15) is 0 Å². The topological polar surface area (TPSA) is 62.2 Å². The molecule has 1 aliphatic rings. The number of hydrogen-bond acceptors (Lipinski definition) is 2. The zero-order valence-corrected chi connectivity index (χ0v) is 7.46. The molecule has 0 spiro atoms. The second kappa shape index (κ2) is 11.6. The number of nitrogens with zero attached hydrogens (tertiary/aromatic N) is 1. The molecular formula is C8H17N3. The van der Waals surface area contributed by atoms with Gasteiger partial charge in [0, 0.05) is 18.8 Å². The molecule has 1 aliphatic heterocycles. The average Bonchev–Trinajstić information content (AvgIpc) is 2.44. The van der Waals surface area contributed by atoms with Gasteiger partial charge in [-0.25, -0.2) is 0 Å². The van der Waals surface area contributed by atoms with E-state index in [0.29, 0.717) is 0 Å². The van der Waals surface area contributed by atoms with Crippen molar-refractivity contribution in [3.63, 3.8) is 0 Å². The molecule has 0 aromatic heterocycles. The fourth-order valence-corrected chi connectivity index (χ4v) is 0.304. The van der Waals surface area contributed by atoms with E-state index >= 15 is 0 Å². The number of hydrogen-bond donors (Lipinski definition) is 2. The molecule has 3 nitrogen and oxygen atoms in total. The van der Waals surface area contributed by atoms with E-state index in [0.717, 1.165) is 6.42 Å². The zero-order chi connectivity index (χ0) is 9.11. The number of nitrogens with one attached hydrogen (secondary N) is 1. The third-order valence-corrected chi connectivity index (χ3v) is 0.538. The van der Waals surface area contributed by atoms with Crippen molar-refractivity contribution >= 4 is 12.1 Å². The van der Waals surface area contributed by atoms with Crippen LogP contribution in [-0.4, -0.2) is 12.1 Å². The first-order valence-corrected chi connectivity index (χ1v) is 3.70. The lowest BCUT2D eigenvalue weighted by Crippen LogP contribution is -2.00. The highest BCUT2D eigenvalue weighted by atomic mass is 14.7. The van der Waals surface area contributed by atoms with E-state index in [1.165, 1.54) is 6.92 Å². The summed E-state index contributed by atoms with van der Waals surface area (Å²) in [5.74, 6) is 0.167. The van der Waals surface area contributed by atoms with Crippen LogP contribution < -0.4 is 5.73 Å². The molecule has 0 aromatic carbocycles. The smallest absolute Gasteiger partial charge is 0.0873 e. The van der Waals surface area contributed by atoms with Crippen LogP contribution in [0.3, 0.4) is 0 Å². The maximum atomic E-state index is 6.28. The minimum Gasteiger partial charge on any atom is -0.388 e. The van der Waals surface area contributed by atoms with Crippen molar-refractivity contribution in [1.29, 1.82) is 5.41 Å². The van der Waals surface area contributed by atoms with E-state index in [9.17, 15) is 0 Å². The van der Waals surface area contributed by atoms with Gasteiger partial charge in [0.15, 0.2) is 0 Å². The monoisotopic (exact) mass is 155 g/mol. The lowest BCUT2D eigenvalue weighted by atomic mass is 10.5. The van der Waals surface area contributed by atoms with Gasteiger partial charge >= 0.3 is 0 Å². The number of allylic oxidation sites excluding steroid dienone is 1. The Balaban J connectivity index is 0. The Morgan fingerprint density at radius 3 is 2.09 bits per heavy atom. The minimum absolute atomic E-state index is 0.167. The normalized spacial score (nSPS) is 10.8. The molecule has 0 radical (unpaired) electrons. The zero-order valence-electron chi connectivity index (χ0n) is 7.46. The van der Waals surface area contributed by atoms with Crippen molar-refractivity contribution in [1.82, 2.24) is 0 Å². The molecule has 1 rings (SSSR count). The fourth-order valence-electron chi connectivity index (χ4n) is 0.304. The van der Waals surface area contributed by atoms with Crippen molar-refractivity contribution in [2.75, 3.05) is 0 Å². The van der Waals surface area contributed by atoms with Gasteiger partial charge < -0.3 is 5.73 Å². The van der Waals surface area contributed by atoms with Crippen LogP contribution in [0.1, 0.15) is 27.2 Å². The molecule has 64 valence electrons. The highest BCUT2D eigenvalue weighted by Gasteiger charge is 1.73. The largest absolute Gasteiger partial charge is 0.388 e. The van der Waals surface area contributed by atoms with Crippen molar-refractivity contribution in [3.05, 3.63) is 12.3 Å². The van der Waals surface area contributed by atoms with E-state index in [4.69, 9.17) is 11.1 Å². The van der Waals surface area contributed by atoms with Gasteiger partial charge in [-0.05, 0) is 6.92 Å². The van der Waals surface area contributed by atoms with Gasteiger partial charge in [-0.2, -0.15) is 0 Å². The van der Waals surface area contributed by atoms with Gasteiger partial charge in [0.2, 0.25) is 0 Å². The quantitative estimate of drug-likeness (QED) is 0.407. The lowest BCUT2D eigenvalue weighted by molar-refractivity contribution is 1.42. The molecule has 0 unspecified atom stereocenters. The number of amidine groups is 1. The van der Waals surface area contributed by atoms with Crippen LogP contribution in [0, 0.1) is 5.41 Å². The van der Waals surface area contributed by atoms with Crippen LogP contribution in [0.15, 0.2) is 17.3 Å². The minimum atomic E-state index is 0.167. The molecule has 0 amide bonds. The number of nitrogens with two attached hydrogens (primary N) is 1. The van der Waals surface area contributed by atoms with E-state index in [-0.39, 0.29) is 5.84 Å². The van der Waals surface area contributed by atoms with Gasteiger partial charge in [0.05, 0.1) is 5.84 Å². The Labute approximate surface area is 68.5 Å². The molecule has 11 heavy (non-hydrogen) atoms. The molecule has 0 bridgehead atoms. The molecular weight excluding hydrogens is 138 g/mol. The first-order chi connectivity index (χ1) is 5.23. The SMILES string of the molecule is C1=CN=CC1.CC.CC(=N)N. The highest BCUT2D eigenvalue weighted by molar-refractivity contribution is 5.73. The number of aliphatic imine (C=N–C) groups is 1. The second-order valence-electron chi connectivity index (χ2n) is 1.64. The summed E-state index contributed by atoms with van der Waals surface area (Å²) in [6, 6.07) is 0. The average molecular weight is 155 g/mol. The molecule has 0 saturated carbocycles. The van der Waals surface area contributed by atoms with Gasteiger partial charge in [-0.3, -0.25) is 10.4 Å². The predicted octanol–water partition coefficient (Wildman–Crippen LogP) is 1.94. The van der Waals surface area contributed by atoms with Crippen molar-refractivity contribution in [3.8, 4) is 0 Å². The third kappa shape index (κ3) is 27.9. The van der Waals surface area contributed by atoms with Crippen molar-refractivity contribution in [2.24, 2.45) is 10.7 Å². The molecule has 3 N–H and O–H groups in total.